The third-order valence-corrected chi connectivity index (χ3v) is 1.68. The number of aliphatic carboxylic acids is 1. The zero-order chi connectivity index (χ0) is 8.85. The molecule has 2 nitrogen and oxygen atoms in total. The molecule has 62 valence electrons. The lowest BCUT2D eigenvalue weighted by atomic mass is 10.1. The van der Waals surface area contributed by atoms with Gasteiger partial charge in [0.15, 0.2) is 0 Å². The van der Waals surface area contributed by atoms with Crippen LogP contribution in [-0.2, 0) is 4.79 Å². The summed E-state index contributed by atoms with van der Waals surface area (Å²) in [7, 11) is 0. The summed E-state index contributed by atoms with van der Waals surface area (Å²) in [6, 6.07) is 0. The number of hydrogen-bond donors (Lipinski definition) is 1. The van der Waals surface area contributed by atoms with Gasteiger partial charge in [-0.25, -0.2) is 4.79 Å². The SMILES string of the molecule is C=C(CCC(C)=CCl)C(=O)O. The number of carboxylic acids is 1. The Balaban J connectivity index is 3.72. The molecule has 0 radical (unpaired) electrons. The summed E-state index contributed by atoms with van der Waals surface area (Å²) < 4.78 is 0. The van der Waals surface area contributed by atoms with Crippen LogP contribution in [0, 0.1) is 0 Å². The highest BCUT2D eigenvalue weighted by atomic mass is 35.5. The van der Waals surface area contributed by atoms with Gasteiger partial charge in [-0.1, -0.05) is 23.8 Å². The van der Waals surface area contributed by atoms with Crippen LogP contribution < -0.4 is 0 Å². The van der Waals surface area contributed by atoms with Crippen molar-refractivity contribution >= 4 is 17.6 Å². The Bertz CT molecular complexity index is 194. The predicted molar refractivity (Wildman–Crippen MR) is 45.6 cm³/mol. The first kappa shape index (κ1) is 10.2. The van der Waals surface area contributed by atoms with Crippen molar-refractivity contribution in [1.29, 1.82) is 0 Å². The fourth-order valence-electron chi connectivity index (χ4n) is 0.510. The molecule has 0 aliphatic heterocycles. The minimum absolute atomic E-state index is 0.225. The van der Waals surface area contributed by atoms with Gasteiger partial charge in [-0.15, -0.1) is 0 Å². The number of halogens is 1. The van der Waals surface area contributed by atoms with Crippen molar-refractivity contribution in [2.24, 2.45) is 0 Å². The molecule has 1 N–H and O–H groups in total. The zero-order valence-electron chi connectivity index (χ0n) is 6.43. The average Bonchev–Trinajstić information content (AvgIpc) is 1.99. The first-order valence-electron chi connectivity index (χ1n) is 3.25. The number of allylic oxidation sites excluding steroid dienone is 1. The fraction of sp³-hybridized carbons (Fsp3) is 0.375. The van der Waals surface area contributed by atoms with Gasteiger partial charge in [0.1, 0.15) is 0 Å². The van der Waals surface area contributed by atoms with Gasteiger partial charge >= 0.3 is 5.97 Å². The van der Waals surface area contributed by atoms with Crippen LogP contribution in [0.5, 0.6) is 0 Å². The second-order valence-corrected chi connectivity index (χ2v) is 2.58. The van der Waals surface area contributed by atoms with Crippen LogP contribution in [0.2, 0.25) is 0 Å². The normalized spacial score (nSPS) is 11.3. The molecule has 0 amide bonds. The molecule has 0 aromatic rings. The lowest BCUT2D eigenvalue weighted by Gasteiger charge is -1.98. The van der Waals surface area contributed by atoms with E-state index in [1.165, 1.54) is 5.54 Å². The summed E-state index contributed by atoms with van der Waals surface area (Å²) in [4.78, 5) is 10.2. The number of carbonyl (C=O) groups is 1. The Kier molecular flexibility index (Phi) is 4.62. The van der Waals surface area contributed by atoms with E-state index in [9.17, 15) is 4.79 Å². The smallest absolute Gasteiger partial charge is 0.330 e. The van der Waals surface area contributed by atoms with Crippen LogP contribution in [0.25, 0.3) is 0 Å². The molecule has 0 aliphatic carbocycles. The van der Waals surface area contributed by atoms with Gasteiger partial charge in [0.2, 0.25) is 0 Å². The molecule has 0 fully saturated rings. The Hall–Kier alpha value is -0.760. The van der Waals surface area contributed by atoms with E-state index < -0.39 is 5.97 Å². The van der Waals surface area contributed by atoms with Gasteiger partial charge in [0, 0.05) is 11.1 Å². The molecule has 0 aromatic heterocycles. The summed E-state index contributed by atoms with van der Waals surface area (Å²) in [6.07, 6.45) is 1.12. The molecule has 11 heavy (non-hydrogen) atoms. The summed E-state index contributed by atoms with van der Waals surface area (Å²) in [5, 5.41) is 8.42. The molecule has 0 aromatic carbocycles. The Morgan fingerprint density at radius 3 is 2.55 bits per heavy atom. The van der Waals surface area contributed by atoms with E-state index in [0.717, 1.165) is 5.57 Å². The van der Waals surface area contributed by atoms with E-state index in [1.807, 2.05) is 6.92 Å². The lowest BCUT2D eigenvalue weighted by Crippen LogP contribution is -1.98. The van der Waals surface area contributed by atoms with Gasteiger partial charge in [-0.3, -0.25) is 0 Å². The van der Waals surface area contributed by atoms with Gasteiger partial charge in [0.25, 0.3) is 0 Å². The second-order valence-electron chi connectivity index (χ2n) is 2.36. The van der Waals surface area contributed by atoms with Crippen molar-refractivity contribution in [3.05, 3.63) is 23.3 Å². The molecular weight excluding hydrogens is 164 g/mol. The summed E-state index contributed by atoms with van der Waals surface area (Å²) in [6.45, 7) is 5.24. The molecule has 0 unspecified atom stereocenters. The molecule has 0 rings (SSSR count). The van der Waals surface area contributed by atoms with Crippen molar-refractivity contribution in [1.82, 2.24) is 0 Å². The van der Waals surface area contributed by atoms with E-state index in [-0.39, 0.29) is 5.57 Å². The third kappa shape index (κ3) is 4.62. The van der Waals surface area contributed by atoms with Gasteiger partial charge < -0.3 is 5.11 Å². The van der Waals surface area contributed by atoms with Crippen molar-refractivity contribution in [2.45, 2.75) is 19.8 Å². The third-order valence-electron chi connectivity index (χ3n) is 1.31. The quantitative estimate of drug-likeness (QED) is 0.666. The van der Waals surface area contributed by atoms with Crippen molar-refractivity contribution < 1.29 is 9.90 Å². The van der Waals surface area contributed by atoms with Crippen molar-refractivity contribution in [3.8, 4) is 0 Å². The average molecular weight is 175 g/mol. The highest BCUT2D eigenvalue weighted by molar-refractivity contribution is 6.25. The fourth-order valence-corrected chi connectivity index (χ4v) is 0.619. The Morgan fingerprint density at radius 1 is 1.64 bits per heavy atom. The molecule has 0 heterocycles. The molecule has 0 saturated heterocycles. The maximum Gasteiger partial charge on any atom is 0.330 e. The van der Waals surface area contributed by atoms with Gasteiger partial charge in [-0.05, 0) is 19.8 Å². The molecule has 0 spiro atoms. The molecular formula is C8H11ClO2. The second kappa shape index (κ2) is 4.97. The van der Waals surface area contributed by atoms with Crippen molar-refractivity contribution in [3.63, 3.8) is 0 Å². The molecule has 0 saturated carbocycles. The van der Waals surface area contributed by atoms with E-state index >= 15 is 0 Å². The van der Waals surface area contributed by atoms with E-state index in [2.05, 4.69) is 6.58 Å². The van der Waals surface area contributed by atoms with Crippen LogP contribution >= 0.6 is 11.6 Å². The monoisotopic (exact) mass is 174 g/mol. The number of rotatable bonds is 4. The Morgan fingerprint density at radius 2 is 2.18 bits per heavy atom. The van der Waals surface area contributed by atoms with Crippen LogP contribution in [0.15, 0.2) is 23.3 Å². The highest BCUT2D eigenvalue weighted by Gasteiger charge is 2.02. The minimum atomic E-state index is -0.938. The van der Waals surface area contributed by atoms with E-state index in [0.29, 0.717) is 12.8 Å². The standard InChI is InChI=1S/C8H11ClO2/c1-6(5-9)3-4-7(2)8(10)11/h5H,2-4H2,1H3,(H,10,11). The highest BCUT2D eigenvalue weighted by Crippen LogP contribution is 2.10. The maximum atomic E-state index is 10.2. The number of hydrogen-bond acceptors (Lipinski definition) is 1. The molecule has 0 atom stereocenters. The summed E-state index contributed by atoms with van der Waals surface area (Å²) in [5.74, 6) is -0.938. The first-order valence-corrected chi connectivity index (χ1v) is 3.68. The predicted octanol–water partition coefficient (Wildman–Crippen LogP) is 2.55. The maximum absolute atomic E-state index is 10.2. The van der Waals surface area contributed by atoms with Crippen molar-refractivity contribution in [2.75, 3.05) is 0 Å². The van der Waals surface area contributed by atoms with Gasteiger partial charge in [0.05, 0.1) is 0 Å². The molecule has 3 heteroatoms. The lowest BCUT2D eigenvalue weighted by molar-refractivity contribution is -0.132. The van der Waals surface area contributed by atoms with Crippen LogP contribution in [0.4, 0.5) is 0 Å². The minimum Gasteiger partial charge on any atom is -0.478 e. The topological polar surface area (TPSA) is 37.3 Å². The van der Waals surface area contributed by atoms with E-state index in [1.54, 1.807) is 0 Å². The summed E-state index contributed by atoms with van der Waals surface area (Å²) in [5.41, 5.74) is 2.65. The van der Waals surface area contributed by atoms with E-state index in [4.69, 9.17) is 16.7 Å². The number of carboxylic acid groups (broad SMARTS) is 1. The molecule has 0 bridgehead atoms. The largest absolute Gasteiger partial charge is 0.478 e. The van der Waals surface area contributed by atoms with Gasteiger partial charge in [-0.2, -0.15) is 0 Å². The first-order chi connectivity index (χ1) is 5.07. The van der Waals surface area contributed by atoms with Crippen LogP contribution in [-0.4, -0.2) is 11.1 Å². The summed E-state index contributed by atoms with van der Waals surface area (Å²) >= 11 is 5.38. The molecule has 0 aliphatic rings. The Labute approximate surface area is 71.2 Å². The van der Waals surface area contributed by atoms with Crippen LogP contribution in [0.3, 0.4) is 0 Å². The zero-order valence-corrected chi connectivity index (χ0v) is 7.19. The van der Waals surface area contributed by atoms with Crippen LogP contribution in [0.1, 0.15) is 19.8 Å².